The fourth-order valence-corrected chi connectivity index (χ4v) is 2.72. The first-order valence-electron chi connectivity index (χ1n) is 8.54. The van der Waals surface area contributed by atoms with Crippen molar-refractivity contribution in [1.82, 2.24) is 9.55 Å². The lowest BCUT2D eigenvalue weighted by Gasteiger charge is -2.12. The quantitative estimate of drug-likeness (QED) is 0.404. The Morgan fingerprint density at radius 1 is 1.19 bits per heavy atom. The first kappa shape index (κ1) is 17.8. The van der Waals surface area contributed by atoms with E-state index in [9.17, 15) is 4.79 Å². The van der Waals surface area contributed by atoms with Crippen molar-refractivity contribution in [2.75, 3.05) is 19.1 Å². The number of ether oxygens (including phenoxy) is 1. The molecule has 0 aliphatic carbocycles. The summed E-state index contributed by atoms with van der Waals surface area (Å²) in [7, 11) is 1.65. The van der Waals surface area contributed by atoms with Crippen molar-refractivity contribution in [3.8, 4) is 0 Å². The van der Waals surface area contributed by atoms with Crippen LogP contribution in [0, 0.1) is 6.92 Å². The summed E-state index contributed by atoms with van der Waals surface area (Å²) in [6.07, 6.45) is 2.45. The Hall–Kier alpha value is -2.99. The summed E-state index contributed by atoms with van der Waals surface area (Å²) in [6, 6.07) is 15.3. The Kier molecular flexibility index (Phi) is 5.76. The summed E-state index contributed by atoms with van der Waals surface area (Å²) in [6.45, 7) is 3.11. The van der Waals surface area contributed by atoms with E-state index in [1.165, 1.54) is 0 Å². The van der Waals surface area contributed by atoms with Gasteiger partial charge in [-0.2, -0.15) is 5.10 Å². The minimum atomic E-state index is -0.0831. The molecule has 0 unspecified atom stereocenters. The summed E-state index contributed by atoms with van der Waals surface area (Å²) < 4.78 is 6.70. The molecule has 6 nitrogen and oxygen atoms in total. The van der Waals surface area contributed by atoms with Crippen molar-refractivity contribution in [3.63, 3.8) is 0 Å². The van der Waals surface area contributed by atoms with Crippen LogP contribution in [0.4, 0.5) is 5.95 Å². The Bertz CT molecular complexity index is 979. The molecule has 0 aliphatic rings. The van der Waals surface area contributed by atoms with Crippen molar-refractivity contribution >= 4 is 23.1 Å². The maximum absolute atomic E-state index is 12.8. The van der Waals surface area contributed by atoms with Gasteiger partial charge in [0.2, 0.25) is 5.95 Å². The van der Waals surface area contributed by atoms with E-state index in [-0.39, 0.29) is 5.56 Å². The standard InChI is InChI=1S/C20H22N4O2/c1-15-8-3-4-9-16(15)14-21-23-20-22-18-11-6-5-10-17(18)19(25)24(20)12-7-13-26-2/h3-6,8-11,14H,7,12-13H2,1-2H3,(H,22,23)/b21-14-. The third kappa shape index (κ3) is 3.97. The Morgan fingerprint density at radius 3 is 2.77 bits per heavy atom. The third-order valence-corrected chi connectivity index (χ3v) is 4.15. The number of methoxy groups -OCH3 is 1. The van der Waals surface area contributed by atoms with Crippen LogP contribution in [0.25, 0.3) is 10.9 Å². The van der Waals surface area contributed by atoms with Crippen LogP contribution < -0.4 is 11.0 Å². The molecule has 0 amide bonds. The fraction of sp³-hybridized carbons (Fsp3) is 0.250. The number of anilines is 1. The van der Waals surface area contributed by atoms with Crippen LogP contribution in [0.15, 0.2) is 58.4 Å². The molecule has 0 aliphatic heterocycles. The molecule has 0 saturated heterocycles. The van der Waals surface area contributed by atoms with Crippen molar-refractivity contribution in [1.29, 1.82) is 0 Å². The smallest absolute Gasteiger partial charge is 0.262 e. The predicted molar refractivity (Wildman–Crippen MR) is 105 cm³/mol. The van der Waals surface area contributed by atoms with E-state index >= 15 is 0 Å². The van der Waals surface area contributed by atoms with Gasteiger partial charge in [-0.3, -0.25) is 9.36 Å². The minimum absolute atomic E-state index is 0.0831. The Morgan fingerprint density at radius 2 is 1.96 bits per heavy atom. The SMILES string of the molecule is COCCCn1c(N/N=C\c2ccccc2C)nc2ccccc2c1=O. The molecule has 1 aromatic heterocycles. The molecule has 0 bridgehead atoms. The largest absolute Gasteiger partial charge is 0.385 e. The lowest BCUT2D eigenvalue weighted by atomic mass is 10.1. The predicted octanol–water partition coefficient (Wildman–Crippen LogP) is 3.19. The van der Waals surface area contributed by atoms with Crippen molar-refractivity contribution in [2.45, 2.75) is 19.9 Å². The van der Waals surface area contributed by atoms with Crippen molar-refractivity contribution in [3.05, 3.63) is 70.0 Å². The Labute approximate surface area is 152 Å². The zero-order valence-corrected chi connectivity index (χ0v) is 15.0. The van der Waals surface area contributed by atoms with Crippen LogP contribution in [0.5, 0.6) is 0 Å². The molecule has 0 fully saturated rings. The van der Waals surface area contributed by atoms with E-state index in [4.69, 9.17) is 4.74 Å². The average Bonchev–Trinajstić information content (AvgIpc) is 2.66. The summed E-state index contributed by atoms with van der Waals surface area (Å²) >= 11 is 0. The van der Waals surface area contributed by atoms with Crippen LogP contribution in [0.2, 0.25) is 0 Å². The van der Waals surface area contributed by atoms with Gasteiger partial charge in [-0.25, -0.2) is 10.4 Å². The summed E-state index contributed by atoms with van der Waals surface area (Å²) in [4.78, 5) is 17.4. The van der Waals surface area contributed by atoms with Gasteiger partial charge in [0, 0.05) is 20.3 Å². The third-order valence-electron chi connectivity index (χ3n) is 4.15. The van der Waals surface area contributed by atoms with Crippen LogP contribution in [0.3, 0.4) is 0 Å². The van der Waals surface area contributed by atoms with Gasteiger partial charge in [-0.05, 0) is 36.6 Å². The van der Waals surface area contributed by atoms with Crippen molar-refractivity contribution < 1.29 is 4.74 Å². The molecule has 134 valence electrons. The van der Waals surface area contributed by atoms with Gasteiger partial charge in [0.15, 0.2) is 0 Å². The van der Waals surface area contributed by atoms with Gasteiger partial charge >= 0.3 is 0 Å². The first-order valence-corrected chi connectivity index (χ1v) is 8.54. The molecule has 0 spiro atoms. The second kappa shape index (κ2) is 8.40. The molecular formula is C20H22N4O2. The zero-order valence-electron chi connectivity index (χ0n) is 15.0. The maximum Gasteiger partial charge on any atom is 0.262 e. The molecule has 1 heterocycles. The van der Waals surface area contributed by atoms with Gasteiger partial charge < -0.3 is 4.74 Å². The molecule has 2 aromatic carbocycles. The van der Waals surface area contributed by atoms with E-state index in [0.29, 0.717) is 36.4 Å². The summed E-state index contributed by atoms with van der Waals surface area (Å²) in [5, 5.41) is 4.88. The number of benzene rings is 2. The van der Waals surface area contributed by atoms with E-state index in [2.05, 4.69) is 15.5 Å². The van der Waals surface area contributed by atoms with Gasteiger partial charge in [0.1, 0.15) is 0 Å². The number of nitrogens with zero attached hydrogens (tertiary/aromatic N) is 3. The van der Waals surface area contributed by atoms with Gasteiger partial charge in [0.25, 0.3) is 5.56 Å². The lowest BCUT2D eigenvalue weighted by Crippen LogP contribution is -2.24. The number of aromatic nitrogens is 2. The number of hydrogen-bond acceptors (Lipinski definition) is 5. The highest BCUT2D eigenvalue weighted by atomic mass is 16.5. The van der Waals surface area contributed by atoms with Gasteiger partial charge in [-0.15, -0.1) is 0 Å². The van der Waals surface area contributed by atoms with Crippen LogP contribution in [-0.4, -0.2) is 29.5 Å². The zero-order chi connectivity index (χ0) is 18.4. The second-order valence-corrected chi connectivity index (χ2v) is 5.98. The van der Waals surface area contributed by atoms with E-state index in [1.807, 2.05) is 49.4 Å². The number of aryl methyl sites for hydroxylation is 1. The fourth-order valence-electron chi connectivity index (χ4n) is 2.72. The molecule has 1 N–H and O–H groups in total. The average molecular weight is 350 g/mol. The molecule has 26 heavy (non-hydrogen) atoms. The monoisotopic (exact) mass is 350 g/mol. The second-order valence-electron chi connectivity index (χ2n) is 5.98. The van der Waals surface area contributed by atoms with E-state index in [0.717, 1.165) is 11.1 Å². The molecular weight excluding hydrogens is 328 g/mol. The van der Waals surface area contributed by atoms with Crippen LogP contribution >= 0.6 is 0 Å². The number of fused-ring (bicyclic) bond motifs is 1. The summed E-state index contributed by atoms with van der Waals surface area (Å²) in [5.74, 6) is 0.426. The number of hydrazone groups is 1. The molecule has 3 rings (SSSR count). The first-order chi connectivity index (χ1) is 12.7. The van der Waals surface area contributed by atoms with E-state index < -0.39 is 0 Å². The molecule has 6 heteroatoms. The highest BCUT2D eigenvalue weighted by Crippen LogP contribution is 2.12. The maximum atomic E-state index is 12.8. The normalized spacial score (nSPS) is 11.3. The topological polar surface area (TPSA) is 68.5 Å². The molecule has 0 radical (unpaired) electrons. The minimum Gasteiger partial charge on any atom is -0.385 e. The lowest BCUT2D eigenvalue weighted by molar-refractivity contribution is 0.190. The van der Waals surface area contributed by atoms with Crippen LogP contribution in [0.1, 0.15) is 17.5 Å². The Balaban J connectivity index is 1.93. The van der Waals surface area contributed by atoms with Gasteiger partial charge in [0.05, 0.1) is 17.1 Å². The number of para-hydroxylation sites is 1. The van der Waals surface area contributed by atoms with E-state index in [1.54, 1.807) is 24.0 Å². The molecule has 3 aromatic rings. The van der Waals surface area contributed by atoms with Gasteiger partial charge in [-0.1, -0.05) is 36.4 Å². The van der Waals surface area contributed by atoms with Crippen molar-refractivity contribution in [2.24, 2.45) is 5.10 Å². The number of hydrogen-bond donors (Lipinski definition) is 1. The van der Waals surface area contributed by atoms with Crippen LogP contribution in [-0.2, 0) is 11.3 Å². The number of nitrogens with one attached hydrogen (secondary N) is 1. The molecule has 0 saturated carbocycles. The highest BCUT2D eigenvalue weighted by Gasteiger charge is 2.10. The molecule has 0 atom stereocenters. The highest BCUT2D eigenvalue weighted by molar-refractivity contribution is 5.82. The number of rotatable bonds is 7. The summed E-state index contributed by atoms with van der Waals surface area (Å²) in [5.41, 5.74) is 5.63.